The average Bonchev–Trinajstić information content (AvgIpc) is 2.81. The summed E-state index contributed by atoms with van der Waals surface area (Å²) in [6, 6.07) is 15.0. The van der Waals surface area contributed by atoms with Gasteiger partial charge in [-0.05, 0) is 48.5 Å². The lowest BCUT2D eigenvalue weighted by atomic mass is 10.0. The molecule has 33 heavy (non-hydrogen) atoms. The van der Waals surface area contributed by atoms with Crippen LogP contribution in [0.2, 0.25) is 0 Å². The second-order valence-electron chi connectivity index (χ2n) is 8.50. The monoisotopic (exact) mass is 448 g/mol. The number of nitrogens with zero attached hydrogens (tertiary/aromatic N) is 4. The molecule has 0 radical (unpaired) electrons. The van der Waals surface area contributed by atoms with E-state index in [1.165, 1.54) is 30.8 Å². The molecule has 0 saturated carbocycles. The standard InChI is InChI=1S/C26H29FN4O2/c1-30-8-10-31(11-9-30)23-5-3-4-19(13-23)12-21-16-22(29-18-28-21)17-24(32)14-20-6-7-25(27)26(15-20)33-2/h3-7,13,15-16,18H,8-12,14,17H2,1-2H3. The van der Waals surface area contributed by atoms with Crippen molar-refractivity contribution in [1.29, 1.82) is 0 Å². The van der Waals surface area contributed by atoms with Crippen molar-refractivity contribution >= 4 is 11.5 Å². The Labute approximate surface area is 194 Å². The van der Waals surface area contributed by atoms with Crippen LogP contribution in [0.15, 0.2) is 54.9 Å². The molecule has 0 amide bonds. The molecule has 0 unspecified atom stereocenters. The summed E-state index contributed by atoms with van der Waals surface area (Å²) < 4.78 is 18.6. The van der Waals surface area contributed by atoms with Gasteiger partial charge in [-0.3, -0.25) is 4.79 Å². The molecule has 0 atom stereocenters. The maximum Gasteiger partial charge on any atom is 0.165 e. The number of rotatable bonds is 8. The molecule has 0 bridgehead atoms. The van der Waals surface area contributed by atoms with Crippen molar-refractivity contribution in [1.82, 2.24) is 14.9 Å². The van der Waals surface area contributed by atoms with Gasteiger partial charge in [-0.2, -0.15) is 0 Å². The molecule has 1 aliphatic heterocycles. The van der Waals surface area contributed by atoms with E-state index in [2.05, 4.69) is 51.1 Å². The first kappa shape index (κ1) is 22.9. The van der Waals surface area contributed by atoms with Crippen LogP contribution in [0.1, 0.15) is 22.5 Å². The molecule has 0 N–H and O–H groups in total. The predicted octanol–water partition coefficient (Wildman–Crippen LogP) is 3.32. The fourth-order valence-electron chi connectivity index (χ4n) is 4.08. The highest BCUT2D eigenvalue weighted by Gasteiger charge is 2.15. The van der Waals surface area contributed by atoms with Gasteiger partial charge in [-0.25, -0.2) is 14.4 Å². The molecule has 3 aromatic rings. The van der Waals surface area contributed by atoms with E-state index in [0.717, 1.165) is 31.9 Å². The van der Waals surface area contributed by atoms with Gasteiger partial charge >= 0.3 is 0 Å². The molecule has 1 saturated heterocycles. The summed E-state index contributed by atoms with van der Waals surface area (Å²) in [5.41, 5.74) is 4.70. The zero-order valence-corrected chi connectivity index (χ0v) is 19.1. The van der Waals surface area contributed by atoms with E-state index >= 15 is 0 Å². The first-order valence-corrected chi connectivity index (χ1v) is 11.2. The lowest BCUT2D eigenvalue weighted by Gasteiger charge is -2.34. The van der Waals surface area contributed by atoms with Gasteiger partial charge in [0.15, 0.2) is 11.6 Å². The first-order chi connectivity index (χ1) is 16.0. The summed E-state index contributed by atoms with van der Waals surface area (Å²) in [7, 11) is 3.56. The number of halogens is 1. The number of anilines is 1. The molecule has 1 aliphatic rings. The second-order valence-corrected chi connectivity index (χ2v) is 8.50. The number of aromatic nitrogens is 2. The van der Waals surface area contributed by atoms with Crippen LogP contribution in [-0.2, 0) is 24.1 Å². The zero-order valence-electron chi connectivity index (χ0n) is 19.1. The Morgan fingerprint density at radius 3 is 2.55 bits per heavy atom. The molecule has 2 heterocycles. The Hall–Kier alpha value is -3.32. The molecule has 1 aromatic heterocycles. The molecule has 1 fully saturated rings. The largest absolute Gasteiger partial charge is 0.494 e. The van der Waals surface area contributed by atoms with E-state index < -0.39 is 5.82 Å². The SMILES string of the molecule is COc1cc(CC(=O)Cc2cc(Cc3cccc(N4CCN(C)CC4)c3)ncn2)ccc1F. The number of Topliss-reactive ketones (excluding diaryl/α,β-unsaturated/α-hetero) is 1. The van der Waals surface area contributed by atoms with Crippen molar-refractivity contribution in [2.75, 3.05) is 45.2 Å². The number of hydrogen-bond donors (Lipinski definition) is 0. The van der Waals surface area contributed by atoms with Crippen molar-refractivity contribution in [3.63, 3.8) is 0 Å². The fraction of sp³-hybridized carbons (Fsp3) is 0.346. The molecule has 172 valence electrons. The van der Waals surface area contributed by atoms with Crippen LogP contribution in [0.4, 0.5) is 10.1 Å². The lowest BCUT2D eigenvalue weighted by molar-refractivity contribution is -0.117. The van der Waals surface area contributed by atoms with Crippen LogP contribution in [0, 0.1) is 5.82 Å². The Morgan fingerprint density at radius 2 is 1.76 bits per heavy atom. The summed E-state index contributed by atoms with van der Waals surface area (Å²) in [5, 5.41) is 0. The topological polar surface area (TPSA) is 58.6 Å². The quantitative estimate of drug-likeness (QED) is 0.527. The fourth-order valence-corrected chi connectivity index (χ4v) is 4.08. The number of hydrogen-bond acceptors (Lipinski definition) is 6. The summed E-state index contributed by atoms with van der Waals surface area (Å²) in [6.07, 6.45) is 2.60. The highest BCUT2D eigenvalue weighted by molar-refractivity contribution is 5.82. The van der Waals surface area contributed by atoms with E-state index in [0.29, 0.717) is 17.7 Å². The Bertz CT molecular complexity index is 1110. The van der Waals surface area contributed by atoms with Crippen LogP contribution in [0.5, 0.6) is 5.75 Å². The predicted molar refractivity (Wildman–Crippen MR) is 126 cm³/mol. The van der Waals surface area contributed by atoms with Crippen LogP contribution in [-0.4, -0.2) is 61.0 Å². The van der Waals surface area contributed by atoms with Gasteiger partial charge in [0.25, 0.3) is 0 Å². The molecule has 0 spiro atoms. The van der Waals surface area contributed by atoms with E-state index in [9.17, 15) is 9.18 Å². The van der Waals surface area contributed by atoms with Gasteiger partial charge in [-0.1, -0.05) is 18.2 Å². The average molecular weight is 449 g/mol. The minimum absolute atomic E-state index is 0.00498. The van der Waals surface area contributed by atoms with Gasteiger partial charge in [0, 0.05) is 56.8 Å². The van der Waals surface area contributed by atoms with Gasteiger partial charge < -0.3 is 14.5 Å². The Balaban J connectivity index is 1.39. The molecule has 6 nitrogen and oxygen atoms in total. The van der Waals surface area contributed by atoms with E-state index in [4.69, 9.17) is 4.74 Å². The number of ketones is 1. The summed E-state index contributed by atoms with van der Waals surface area (Å²) in [5.74, 6) is -0.292. The van der Waals surface area contributed by atoms with Gasteiger partial charge in [0.1, 0.15) is 12.1 Å². The number of likely N-dealkylation sites (N-methyl/N-ethyl adjacent to an activating group) is 1. The van der Waals surface area contributed by atoms with Crippen molar-refractivity contribution in [3.8, 4) is 5.75 Å². The third kappa shape index (κ3) is 6.14. The van der Waals surface area contributed by atoms with Crippen molar-refractivity contribution < 1.29 is 13.9 Å². The summed E-state index contributed by atoms with van der Waals surface area (Å²) in [4.78, 5) is 26.0. The Morgan fingerprint density at radius 1 is 0.970 bits per heavy atom. The van der Waals surface area contributed by atoms with Crippen molar-refractivity contribution in [2.24, 2.45) is 0 Å². The number of benzene rings is 2. The minimum atomic E-state index is -0.439. The summed E-state index contributed by atoms with van der Waals surface area (Å²) in [6.45, 7) is 4.19. The van der Waals surface area contributed by atoms with Gasteiger partial charge in [0.05, 0.1) is 12.8 Å². The number of piperazine rings is 1. The third-order valence-corrected chi connectivity index (χ3v) is 5.94. The molecular formula is C26H29FN4O2. The van der Waals surface area contributed by atoms with Crippen molar-refractivity contribution in [2.45, 2.75) is 19.3 Å². The number of ether oxygens (including phenoxy) is 1. The first-order valence-electron chi connectivity index (χ1n) is 11.2. The maximum absolute atomic E-state index is 13.6. The molecule has 7 heteroatoms. The van der Waals surface area contributed by atoms with Gasteiger partial charge in [0.2, 0.25) is 0 Å². The van der Waals surface area contributed by atoms with Crippen molar-refractivity contribution in [3.05, 3.63) is 83.2 Å². The highest BCUT2D eigenvalue weighted by atomic mass is 19.1. The maximum atomic E-state index is 13.6. The minimum Gasteiger partial charge on any atom is -0.494 e. The van der Waals surface area contributed by atoms with E-state index in [-0.39, 0.29) is 24.4 Å². The molecular weight excluding hydrogens is 419 g/mol. The normalized spacial score (nSPS) is 14.3. The van der Waals surface area contributed by atoms with Crippen LogP contribution in [0.3, 0.4) is 0 Å². The molecule has 4 rings (SSSR count). The van der Waals surface area contributed by atoms with Crippen LogP contribution in [0.25, 0.3) is 0 Å². The number of methoxy groups -OCH3 is 1. The number of carbonyl (C=O) groups excluding carboxylic acids is 1. The lowest BCUT2D eigenvalue weighted by Crippen LogP contribution is -2.44. The zero-order chi connectivity index (χ0) is 23.2. The highest BCUT2D eigenvalue weighted by Crippen LogP contribution is 2.21. The van der Waals surface area contributed by atoms with Crippen LogP contribution >= 0.6 is 0 Å². The molecule has 0 aliphatic carbocycles. The smallest absolute Gasteiger partial charge is 0.165 e. The van der Waals surface area contributed by atoms with E-state index in [1.54, 1.807) is 12.1 Å². The summed E-state index contributed by atoms with van der Waals surface area (Å²) >= 11 is 0. The third-order valence-electron chi connectivity index (χ3n) is 5.94. The van der Waals surface area contributed by atoms with Gasteiger partial charge in [-0.15, -0.1) is 0 Å². The van der Waals surface area contributed by atoms with Crippen LogP contribution < -0.4 is 9.64 Å². The second kappa shape index (κ2) is 10.5. The van der Waals surface area contributed by atoms with E-state index in [1.807, 2.05) is 6.07 Å². The Kier molecular flexibility index (Phi) is 7.29. The number of carbonyl (C=O) groups is 1. The molecule has 2 aromatic carbocycles.